The fraction of sp³-hybridized carbons (Fsp3) is 0.0588. The van der Waals surface area contributed by atoms with Gasteiger partial charge in [0.15, 0.2) is 12.4 Å². The lowest BCUT2D eigenvalue weighted by atomic mass is 10.1. The fourth-order valence-corrected chi connectivity index (χ4v) is 2.11. The van der Waals surface area contributed by atoms with Crippen molar-refractivity contribution in [1.29, 1.82) is 0 Å². The van der Waals surface area contributed by atoms with Crippen molar-refractivity contribution in [3.8, 4) is 0 Å². The van der Waals surface area contributed by atoms with Crippen molar-refractivity contribution in [3.05, 3.63) is 75.8 Å². The SMILES string of the molecule is O=C(/C=C/c1cc(Br)ccc1F)OCC(=O)c1cccc(F)c1. The van der Waals surface area contributed by atoms with Gasteiger partial charge in [-0.3, -0.25) is 4.79 Å². The Morgan fingerprint density at radius 1 is 1.13 bits per heavy atom. The molecule has 0 saturated carbocycles. The van der Waals surface area contributed by atoms with Crippen LogP contribution < -0.4 is 0 Å². The molecule has 2 rings (SSSR count). The summed E-state index contributed by atoms with van der Waals surface area (Å²) >= 11 is 3.19. The van der Waals surface area contributed by atoms with E-state index in [9.17, 15) is 18.4 Å². The quantitative estimate of drug-likeness (QED) is 0.444. The van der Waals surface area contributed by atoms with Crippen LogP contribution in [-0.2, 0) is 9.53 Å². The normalized spacial score (nSPS) is 10.7. The predicted octanol–water partition coefficient (Wildman–Crippen LogP) is 4.17. The minimum absolute atomic E-state index is 0.111. The van der Waals surface area contributed by atoms with Gasteiger partial charge in [0.2, 0.25) is 0 Å². The standard InChI is InChI=1S/C17H11BrF2O3/c18-13-5-6-15(20)11(8-13)4-7-17(22)23-10-16(21)12-2-1-3-14(19)9-12/h1-9H,10H2/b7-4+. The van der Waals surface area contributed by atoms with Crippen molar-refractivity contribution >= 4 is 33.8 Å². The molecule has 2 aromatic carbocycles. The van der Waals surface area contributed by atoms with Gasteiger partial charge in [-0.2, -0.15) is 0 Å². The molecule has 0 bridgehead atoms. The number of ether oxygens (including phenoxy) is 1. The summed E-state index contributed by atoms with van der Waals surface area (Å²) in [6, 6.07) is 9.36. The van der Waals surface area contributed by atoms with E-state index >= 15 is 0 Å². The van der Waals surface area contributed by atoms with Gasteiger partial charge in [-0.15, -0.1) is 0 Å². The van der Waals surface area contributed by atoms with Gasteiger partial charge in [0.1, 0.15) is 11.6 Å². The topological polar surface area (TPSA) is 43.4 Å². The number of ketones is 1. The number of rotatable bonds is 5. The molecule has 0 saturated heterocycles. The van der Waals surface area contributed by atoms with E-state index in [-0.39, 0.29) is 11.1 Å². The minimum atomic E-state index is -0.797. The molecule has 0 spiro atoms. The molecule has 0 amide bonds. The van der Waals surface area contributed by atoms with Crippen LogP contribution in [0, 0.1) is 11.6 Å². The summed E-state index contributed by atoms with van der Waals surface area (Å²) < 4.78 is 31.9. The Kier molecular flexibility index (Phi) is 5.76. The van der Waals surface area contributed by atoms with Crippen molar-refractivity contribution in [1.82, 2.24) is 0 Å². The van der Waals surface area contributed by atoms with Crippen LogP contribution in [0.2, 0.25) is 0 Å². The van der Waals surface area contributed by atoms with Gasteiger partial charge in [0.25, 0.3) is 0 Å². The highest BCUT2D eigenvalue weighted by molar-refractivity contribution is 9.10. The first kappa shape index (κ1) is 17.0. The molecular formula is C17H11BrF2O3. The molecule has 0 fully saturated rings. The largest absolute Gasteiger partial charge is 0.454 e. The van der Waals surface area contributed by atoms with E-state index in [1.165, 1.54) is 42.5 Å². The number of carbonyl (C=O) groups excluding carboxylic acids is 2. The van der Waals surface area contributed by atoms with Gasteiger partial charge < -0.3 is 4.74 Å². The average molecular weight is 381 g/mol. The smallest absolute Gasteiger partial charge is 0.331 e. The van der Waals surface area contributed by atoms with Crippen molar-refractivity contribution in [2.24, 2.45) is 0 Å². The number of halogens is 3. The van der Waals surface area contributed by atoms with Crippen LogP contribution in [0.5, 0.6) is 0 Å². The van der Waals surface area contributed by atoms with Crippen LogP contribution in [-0.4, -0.2) is 18.4 Å². The molecule has 0 aliphatic heterocycles. The van der Waals surface area contributed by atoms with E-state index in [1.807, 2.05) is 0 Å². The van der Waals surface area contributed by atoms with Crippen LogP contribution in [0.25, 0.3) is 6.08 Å². The molecule has 118 valence electrons. The number of Topliss-reactive ketones (excluding diaryl/α,β-unsaturated/α-hetero) is 1. The maximum Gasteiger partial charge on any atom is 0.331 e. The monoisotopic (exact) mass is 380 g/mol. The molecule has 0 N–H and O–H groups in total. The summed E-state index contributed by atoms with van der Waals surface area (Å²) in [4.78, 5) is 23.3. The van der Waals surface area contributed by atoms with Crippen LogP contribution in [0.15, 0.2) is 53.0 Å². The number of hydrogen-bond acceptors (Lipinski definition) is 3. The van der Waals surface area contributed by atoms with Crippen molar-refractivity contribution in [2.75, 3.05) is 6.61 Å². The number of esters is 1. The third-order valence-electron chi connectivity index (χ3n) is 2.85. The summed E-state index contributed by atoms with van der Waals surface area (Å²) in [6.07, 6.45) is 2.26. The highest BCUT2D eigenvalue weighted by Gasteiger charge is 2.09. The molecule has 2 aromatic rings. The lowest BCUT2D eigenvalue weighted by molar-refractivity contribution is -0.136. The second-order valence-corrected chi connectivity index (χ2v) is 5.46. The molecule has 0 radical (unpaired) electrons. The minimum Gasteiger partial charge on any atom is -0.454 e. The van der Waals surface area contributed by atoms with E-state index in [4.69, 9.17) is 4.74 Å². The first-order valence-electron chi connectivity index (χ1n) is 6.54. The first-order valence-corrected chi connectivity index (χ1v) is 7.33. The van der Waals surface area contributed by atoms with Crippen LogP contribution >= 0.6 is 15.9 Å². The van der Waals surface area contributed by atoms with Gasteiger partial charge >= 0.3 is 5.97 Å². The molecule has 0 unspecified atom stereocenters. The fourth-order valence-electron chi connectivity index (χ4n) is 1.73. The number of hydrogen-bond donors (Lipinski definition) is 0. The molecule has 6 heteroatoms. The van der Waals surface area contributed by atoms with E-state index in [0.717, 1.165) is 12.1 Å². The van der Waals surface area contributed by atoms with Crippen LogP contribution in [0.3, 0.4) is 0 Å². The lowest BCUT2D eigenvalue weighted by Crippen LogP contribution is -2.12. The van der Waals surface area contributed by atoms with Crippen molar-refractivity contribution in [3.63, 3.8) is 0 Å². The van der Waals surface area contributed by atoms with Crippen molar-refractivity contribution in [2.45, 2.75) is 0 Å². The maximum atomic E-state index is 13.5. The summed E-state index contributed by atoms with van der Waals surface area (Å²) in [5.41, 5.74) is 0.313. The average Bonchev–Trinajstić information content (AvgIpc) is 2.53. The summed E-state index contributed by atoms with van der Waals surface area (Å²) in [6.45, 7) is -0.520. The summed E-state index contributed by atoms with van der Waals surface area (Å²) in [5.74, 6) is -2.37. The van der Waals surface area contributed by atoms with Gasteiger partial charge in [-0.1, -0.05) is 28.1 Å². The molecule has 23 heavy (non-hydrogen) atoms. The number of benzene rings is 2. The highest BCUT2D eigenvalue weighted by atomic mass is 79.9. The zero-order valence-electron chi connectivity index (χ0n) is 11.8. The van der Waals surface area contributed by atoms with E-state index in [2.05, 4.69) is 15.9 Å². The Morgan fingerprint density at radius 2 is 1.91 bits per heavy atom. The molecule has 0 aromatic heterocycles. The van der Waals surface area contributed by atoms with Gasteiger partial charge in [0.05, 0.1) is 0 Å². The predicted molar refractivity (Wildman–Crippen MR) is 84.8 cm³/mol. The lowest BCUT2D eigenvalue weighted by Gasteiger charge is -2.02. The third-order valence-corrected chi connectivity index (χ3v) is 3.34. The Bertz CT molecular complexity index is 772. The summed E-state index contributed by atoms with van der Waals surface area (Å²) in [5, 5.41) is 0. The Morgan fingerprint density at radius 3 is 2.65 bits per heavy atom. The van der Waals surface area contributed by atoms with E-state index in [0.29, 0.717) is 4.47 Å². The zero-order chi connectivity index (χ0) is 16.8. The van der Waals surface area contributed by atoms with E-state index < -0.39 is 30.0 Å². The summed E-state index contributed by atoms with van der Waals surface area (Å²) in [7, 11) is 0. The number of carbonyl (C=O) groups is 2. The molecule has 3 nitrogen and oxygen atoms in total. The molecule has 0 aliphatic carbocycles. The third kappa shape index (κ3) is 5.10. The second-order valence-electron chi connectivity index (χ2n) is 4.54. The Labute approximate surface area is 139 Å². The second kappa shape index (κ2) is 7.78. The maximum absolute atomic E-state index is 13.5. The van der Waals surface area contributed by atoms with Crippen LogP contribution in [0.1, 0.15) is 15.9 Å². The molecule has 0 heterocycles. The molecule has 0 aliphatic rings. The van der Waals surface area contributed by atoms with Gasteiger partial charge in [0, 0.05) is 21.7 Å². The van der Waals surface area contributed by atoms with Crippen LogP contribution in [0.4, 0.5) is 8.78 Å². The van der Waals surface area contributed by atoms with Crippen molar-refractivity contribution < 1.29 is 23.1 Å². The first-order chi connectivity index (χ1) is 11.0. The van der Waals surface area contributed by atoms with Gasteiger partial charge in [-0.25, -0.2) is 13.6 Å². The van der Waals surface area contributed by atoms with Gasteiger partial charge in [-0.05, 0) is 36.4 Å². The molecular weight excluding hydrogens is 370 g/mol. The molecule has 0 atom stereocenters. The highest BCUT2D eigenvalue weighted by Crippen LogP contribution is 2.16. The van der Waals surface area contributed by atoms with E-state index in [1.54, 1.807) is 0 Å². The Hall–Kier alpha value is -2.34. The zero-order valence-corrected chi connectivity index (χ0v) is 13.3. The Balaban J connectivity index is 1.93.